The number of benzene rings is 1. The van der Waals surface area contributed by atoms with Gasteiger partial charge in [0, 0.05) is 25.4 Å². The number of hydrogen-bond donors (Lipinski definition) is 0. The van der Waals surface area contributed by atoms with Crippen LogP contribution in [0.3, 0.4) is 0 Å². The molecular formula is C24H27N3O5. The maximum Gasteiger partial charge on any atom is 0.311 e. The van der Waals surface area contributed by atoms with E-state index in [0.29, 0.717) is 18.7 Å². The molecule has 0 saturated carbocycles. The lowest BCUT2D eigenvalue weighted by Crippen LogP contribution is -2.34. The minimum absolute atomic E-state index is 0.0233. The molecule has 2 aromatic rings. The average molecular weight is 437 g/mol. The lowest BCUT2D eigenvalue weighted by atomic mass is 10.0. The molecule has 0 N–H and O–H groups in total. The standard InChI is InChI=1S/C24H27N3O5/c1-15(2)26-13-18(11-22(26)28)24(30)32-14-23(29)27-20(21-5-4-10-31-21)12-19(25-27)17-8-6-16(3)7-9-17/h4-10,15,18,20H,11-14H2,1-3H3. The van der Waals surface area contributed by atoms with Gasteiger partial charge >= 0.3 is 5.97 Å². The lowest BCUT2D eigenvalue weighted by Gasteiger charge is -2.21. The van der Waals surface area contributed by atoms with Crippen molar-refractivity contribution in [2.75, 3.05) is 13.2 Å². The van der Waals surface area contributed by atoms with E-state index < -0.39 is 30.4 Å². The second kappa shape index (κ2) is 8.98. The minimum Gasteiger partial charge on any atom is -0.467 e. The van der Waals surface area contributed by atoms with Gasteiger partial charge in [0.15, 0.2) is 6.61 Å². The molecule has 168 valence electrons. The molecule has 2 amide bonds. The van der Waals surface area contributed by atoms with E-state index in [-0.39, 0.29) is 18.4 Å². The molecular weight excluding hydrogens is 410 g/mol. The first-order valence-electron chi connectivity index (χ1n) is 10.8. The van der Waals surface area contributed by atoms with Crippen molar-refractivity contribution in [2.24, 2.45) is 11.0 Å². The number of hydrazone groups is 1. The van der Waals surface area contributed by atoms with Gasteiger partial charge in [0.1, 0.15) is 11.8 Å². The fraction of sp³-hybridized carbons (Fsp3) is 0.417. The number of hydrogen-bond acceptors (Lipinski definition) is 6. The van der Waals surface area contributed by atoms with E-state index in [9.17, 15) is 14.4 Å². The number of amides is 2. The topological polar surface area (TPSA) is 92.4 Å². The maximum atomic E-state index is 13.0. The zero-order chi connectivity index (χ0) is 22.8. The van der Waals surface area contributed by atoms with Crippen LogP contribution in [0, 0.1) is 12.8 Å². The molecule has 0 aliphatic carbocycles. The Morgan fingerprint density at radius 2 is 1.94 bits per heavy atom. The van der Waals surface area contributed by atoms with Crippen LogP contribution in [0.15, 0.2) is 52.2 Å². The molecule has 2 unspecified atom stereocenters. The van der Waals surface area contributed by atoms with E-state index >= 15 is 0 Å². The Balaban J connectivity index is 1.44. The van der Waals surface area contributed by atoms with E-state index in [1.54, 1.807) is 23.3 Å². The van der Waals surface area contributed by atoms with Gasteiger partial charge < -0.3 is 14.1 Å². The average Bonchev–Trinajstić information content (AvgIpc) is 3.51. The third-order valence-corrected chi connectivity index (χ3v) is 5.88. The largest absolute Gasteiger partial charge is 0.467 e. The molecule has 1 saturated heterocycles. The number of ether oxygens (including phenoxy) is 1. The van der Waals surface area contributed by atoms with E-state index in [4.69, 9.17) is 9.15 Å². The Hall–Kier alpha value is -3.42. The molecule has 1 fully saturated rings. The monoisotopic (exact) mass is 437 g/mol. The number of aryl methyl sites for hydroxylation is 1. The van der Waals surface area contributed by atoms with E-state index in [2.05, 4.69) is 5.10 Å². The van der Waals surface area contributed by atoms with Crippen LogP contribution in [0.1, 0.15) is 49.6 Å². The van der Waals surface area contributed by atoms with Crippen LogP contribution in [0.4, 0.5) is 0 Å². The predicted molar refractivity (Wildman–Crippen MR) is 117 cm³/mol. The molecule has 1 aromatic heterocycles. The van der Waals surface area contributed by atoms with Crippen LogP contribution >= 0.6 is 0 Å². The Morgan fingerprint density at radius 3 is 2.56 bits per heavy atom. The second-order valence-corrected chi connectivity index (χ2v) is 8.53. The summed E-state index contributed by atoms with van der Waals surface area (Å²) in [6.45, 7) is 5.70. The Bertz CT molecular complexity index is 1030. The molecule has 32 heavy (non-hydrogen) atoms. The van der Waals surface area contributed by atoms with Gasteiger partial charge in [-0.3, -0.25) is 14.4 Å². The van der Waals surface area contributed by atoms with Gasteiger partial charge in [-0.15, -0.1) is 0 Å². The van der Waals surface area contributed by atoms with Crippen molar-refractivity contribution in [1.29, 1.82) is 0 Å². The first-order valence-corrected chi connectivity index (χ1v) is 10.8. The summed E-state index contributed by atoms with van der Waals surface area (Å²) in [6.07, 6.45) is 2.16. The number of carbonyl (C=O) groups is 3. The number of rotatable bonds is 6. The molecule has 2 aliphatic heterocycles. The quantitative estimate of drug-likeness (QED) is 0.648. The lowest BCUT2D eigenvalue weighted by molar-refractivity contribution is -0.156. The molecule has 8 nitrogen and oxygen atoms in total. The minimum atomic E-state index is -0.552. The van der Waals surface area contributed by atoms with Gasteiger partial charge in [-0.2, -0.15) is 5.10 Å². The summed E-state index contributed by atoms with van der Waals surface area (Å²) >= 11 is 0. The van der Waals surface area contributed by atoms with E-state index in [1.165, 1.54) is 5.01 Å². The van der Waals surface area contributed by atoms with Crippen molar-refractivity contribution in [3.8, 4) is 0 Å². The number of nitrogens with zero attached hydrogens (tertiary/aromatic N) is 3. The molecule has 4 rings (SSSR count). The maximum absolute atomic E-state index is 13.0. The van der Waals surface area contributed by atoms with Gasteiger partial charge in [-0.25, -0.2) is 5.01 Å². The molecule has 0 radical (unpaired) electrons. The molecule has 2 atom stereocenters. The van der Waals surface area contributed by atoms with Crippen LogP contribution in [0.5, 0.6) is 0 Å². The Labute approximate surface area is 186 Å². The zero-order valence-corrected chi connectivity index (χ0v) is 18.5. The fourth-order valence-electron chi connectivity index (χ4n) is 4.07. The first kappa shape index (κ1) is 21.8. The smallest absolute Gasteiger partial charge is 0.311 e. The Morgan fingerprint density at radius 1 is 1.19 bits per heavy atom. The summed E-state index contributed by atoms with van der Waals surface area (Å²) in [7, 11) is 0. The normalized spacial score (nSPS) is 20.8. The Kier molecular flexibility index (Phi) is 6.12. The summed E-state index contributed by atoms with van der Waals surface area (Å²) in [5.74, 6) is -0.982. The van der Waals surface area contributed by atoms with Gasteiger partial charge in [0.05, 0.1) is 17.9 Å². The van der Waals surface area contributed by atoms with Gasteiger partial charge in [0.25, 0.3) is 5.91 Å². The number of likely N-dealkylation sites (tertiary alicyclic amines) is 1. The zero-order valence-electron chi connectivity index (χ0n) is 18.5. The summed E-state index contributed by atoms with van der Waals surface area (Å²) in [4.78, 5) is 39.2. The summed E-state index contributed by atoms with van der Waals surface area (Å²) in [6, 6.07) is 11.1. The third kappa shape index (κ3) is 4.44. The highest BCUT2D eigenvalue weighted by Crippen LogP contribution is 2.33. The van der Waals surface area contributed by atoms with Gasteiger partial charge in [-0.05, 0) is 38.5 Å². The number of carbonyl (C=O) groups excluding carboxylic acids is 3. The van der Waals surface area contributed by atoms with Crippen LogP contribution in [0.25, 0.3) is 0 Å². The SMILES string of the molecule is Cc1ccc(C2=NN(C(=O)COC(=O)C3CC(=O)N(C(C)C)C3)C(c3ccco3)C2)cc1. The highest BCUT2D eigenvalue weighted by atomic mass is 16.5. The third-order valence-electron chi connectivity index (χ3n) is 5.88. The summed E-state index contributed by atoms with van der Waals surface area (Å²) < 4.78 is 10.8. The highest BCUT2D eigenvalue weighted by Gasteiger charge is 2.38. The fourth-order valence-corrected chi connectivity index (χ4v) is 4.07. The van der Waals surface area contributed by atoms with E-state index in [0.717, 1.165) is 16.8 Å². The van der Waals surface area contributed by atoms with Gasteiger partial charge in [0.2, 0.25) is 5.91 Å². The van der Waals surface area contributed by atoms with Crippen molar-refractivity contribution in [3.05, 3.63) is 59.5 Å². The van der Waals surface area contributed by atoms with Crippen molar-refractivity contribution < 1.29 is 23.5 Å². The second-order valence-electron chi connectivity index (χ2n) is 8.53. The molecule has 3 heterocycles. The highest BCUT2D eigenvalue weighted by molar-refractivity contribution is 6.03. The van der Waals surface area contributed by atoms with Gasteiger partial charge in [-0.1, -0.05) is 29.8 Å². The summed E-state index contributed by atoms with van der Waals surface area (Å²) in [5, 5.41) is 5.87. The molecule has 8 heteroatoms. The number of esters is 1. The summed E-state index contributed by atoms with van der Waals surface area (Å²) in [5.41, 5.74) is 2.83. The molecule has 2 aliphatic rings. The van der Waals surface area contributed by atoms with Crippen LogP contribution < -0.4 is 0 Å². The number of furan rings is 1. The molecule has 0 spiro atoms. The van der Waals surface area contributed by atoms with Crippen LogP contribution in [-0.2, 0) is 19.1 Å². The van der Waals surface area contributed by atoms with Crippen molar-refractivity contribution in [3.63, 3.8) is 0 Å². The van der Waals surface area contributed by atoms with Crippen molar-refractivity contribution in [1.82, 2.24) is 9.91 Å². The van der Waals surface area contributed by atoms with E-state index in [1.807, 2.05) is 45.0 Å². The predicted octanol–water partition coefficient (Wildman–Crippen LogP) is 3.07. The van der Waals surface area contributed by atoms with Crippen LogP contribution in [0.2, 0.25) is 0 Å². The van der Waals surface area contributed by atoms with Crippen LogP contribution in [-0.4, -0.2) is 52.6 Å². The molecule has 1 aromatic carbocycles. The molecule has 0 bridgehead atoms. The first-order chi connectivity index (χ1) is 15.3. The van der Waals surface area contributed by atoms with Crippen molar-refractivity contribution >= 4 is 23.5 Å². The van der Waals surface area contributed by atoms with Crippen molar-refractivity contribution in [2.45, 2.75) is 45.7 Å².